The zero-order valence-electron chi connectivity index (χ0n) is 22.7. The predicted molar refractivity (Wildman–Crippen MR) is 146 cm³/mol. The number of phenols is 1. The van der Waals surface area contributed by atoms with Crippen LogP contribution in [0.5, 0.6) is 5.75 Å². The van der Waals surface area contributed by atoms with Crippen LogP contribution in [-0.2, 0) is 23.8 Å². The van der Waals surface area contributed by atoms with Crippen LogP contribution in [0.4, 0.5) is 5.69 Å². The third-order valence-corrected chi connectivity index (χ3v) is 6.84. The van der Waals surface area contributed by atoms with Crippen molar-refractivity contribution >= 4 is 23.5 Å². The van der Waals surface area contributed by atoms with E-state index in [1.54, 1.807) is 32.0 Å². The molecular weight excluding hydrogens is 534 g/mol. The molecule has 12 heteroatoms. The topological polar surface area (TPSA) is 166 Å². The predicted octanol–water partition coefficient (Wildman–Crippen LogP) is 3.23. The molecule has 2 aromatic rings. The van der Waals surface area contributed by atoms with Gasteiger partial charge in [0.15, 0.2) is 0 Å². The van der Waals surface area contributed by atoms with Gasteiger partial charge in [-0.1, -0.05) is 30.3 Å². The largest absolute Gasteiger partial charge is 0.507 e. The van der Waals surface area contributed by atoms with Crippen molar-refractivity contribution in [2.45, 2.75) is 38.7 Å². The van der Waals surface area contributed by atoms with Crippen molar-refractivity contribution in [2.24, 2.45) is 0 Å². The summed E-state index contributed by atoms with van der Waals surface area (Å²) in [6.45, 7) is 3.52. The quantitative estimate of drug-likeness (QED) is 0.168. The maximum absolute atomic E-state index is 13.4. The number of carbonyl (C=O) groups is 3. The van der Waals surface area contributed by atoms with Crippen molar-refractivity contribution in [3.63, 3.8) is 0 Å². The van der Waals surface area contributed by atoms with Crippen LogP contribution in [0.25, 0.3) is 0 Å². The molecule has 0 aliphatic carbocycles. The molecule has 0 saturated carbocycles. The van der Waals surface area contributed by atoms with Crippen molar-refractivity contribution in [2.75, 3.05) is 26.4 Å². The number of phenolic OH excluding ortho intramolecular Hbond substituents is 1. The van der Waals surface area contributed by atoms with E-state index in [0.717, 1.165) is 12.8 Å². The molecule has 0 spiro atoms. The van der Waals surface area contributed by atoms with E-state index in [9.17, 15) is 29.6 Å². The van der Waals surface area contributed by atoms with Crippen molar-refractivity contribution in [1.29, 1.82) is 0 Å². The van der Waals surface area contributed by atoms with Gasteiger partial charge in [-0.05, 0) is 38.8 Å². The first kappa shape index (κ1) is 29.3. The Morgan fingerprint density at radius 1 is 1.05 bits per heavy atom. The Hall–Kier alpha value is -4.71. The number of rotatable bonds is 10. The molecule has 2 heterocycles. The minimum atomic E-state index is -1.15. The lowest BCUT2D eigenvalue weighted by Crippen LogP contribution is -2.34. The number of aromatic hydroxyl groups is 1. The molecule has 216 valence electrons. The molecule has 4 rings (SSSR count). The number of ether oxygens (including phenoxy) is 3. The van der Waals surface area contributed by atoms with E-state index in [0.29, 0.717) is 18.0 Å². The fourth-order valence-corrected chi connectivity index (χ4v) is 4.91. The molecule has 2 atom stereocenters. The molecule has 0 bridgehead atoms. The number of carbonyl (C=O) groups excluding carboxylic acids is 3. The van der Waals surface area contributed by atoms with Gasteiger partial charge < -0.3 is 30.0 Å². The first-order chi connectivity index (χ1) is 19.7. The molecule has 3 N–H and O–H groups in total. The molecule has 2 aliphatic rings. The summed E-state index contributed by atoms with van der Waals surface area (Å²) in [6, 6.07) is 11.9. The van der Waals surface area contributed by atoms with Gasteiger partial charge in [0.2, 0.25) is 0 Å². The summed E-state index contributed by atoms with van der Waals surface area (Å²) in [7, 11) is 0. The number of hydrogen-bond donors (Lipinski definition) is 3. The summed E-state index contributed by atoms with van der Waals surface area (Å²) >= 11 is 0. The third kappa shape index (κ3) is 6.72. The maximum atomic E-state index is 13.4. The molecule has 12 nitrogen and oxygen atoms in total. The van der Waals surface area contributed by atoms with Crippen LogP contribution in [0.2, 0.25) is 0 Å². The molecule has 1 amide bonds. The van der Waals surface area contributed by atoms with E-state index in [1.165, 1.54) is 30.3 Å². The Morgan fingerprint density at radius 3 is 2.37 bits per heavy atom. The molecule has 0 radical (unpaired) electrons. The molecule has 1 fully saturated rings. The summed E-state index contributed by atoms with van der Waals surface area (Å²) in [5.41, 5.74) is 0.700. The summed E-state index contributed by atoms with van der Waals surface area (Å²) < 4.78 is 16.5. The summed E-state index contributed by atoms with van der Waals surface area (Å²) in [6.07, 6.45) is 1.36. The number of para-hydroxylation sites is 2. The smallest absolute Gasteiger partial charge is 0.336 e. The minimum absolute atomic E-state index is 0.000923. The van der Waals surface area contributed by atoms with Crippen LogP contribution >= 0.6 is 0 Å². The van der Waals surface area contributed by atoms with Gasteiger partial charge in [0.05, 0.1) is 40.2 Å². The van der Waals surface area contributed by atoms with Crippen LogP contribution in [-0.4, -0.2) is 60.3 Å². The molecule has 0 unspecified atom stereocenters. The van der Waals surface area contributed by atoms with Gasteiger partial charge in [-0.15, -0.1) is 0 Å². The van der Waals surface area contributed by atoms with Gasteiger partial charge >= 0.3 is 11.9 Å². The Balaban J connectivity index is 1.56. The number of dihydropyridines is 1. The lowest BCUT2D eigenvalue weighted by atomic mass is 9.79. The number of benzene rings is 2. The van der Waals surface area contributed by atoms with Crippen molar-refractivity contribution in [3.8, 4) is 5.75 Å². The van der Waals surface area contributed by atoms with Gasteiger partial charge in [-0.3, -0.25) is 14.9 Å². The highest BCUT2D eigenvalue weighted by Crippen LogP contribution is 2.42. The summed E-state index contributed by atoms with van der Waals surface area (Å²) in [5.74, 6) is -3.46. The van der Waals surface area contributed by atoms with Crippen LogP contribution in [0.15, 0.2) is 71.1 Å². The Morgan fingerprint density at radius 2 is 1.71 bits per heavy atom. The van der Waals surface area contributed by atoms with Crippen molar-refractivity contribution < 1.29 is 38.6 Å². The fourth-order valence-electron chi connectivity index (χ4n) is 4.91. The number of nitro benzene ring substituents is 1. The lowest BCUT2D eigenvalue weighted by Gasteiger charge is -2.30. The second-order valence-corrected chi connectivity index (χ2v) is 9.59. The number of allylic oxidation sites excluding steroid dienone is 2. The fraction of sp³-hybridized carbons (Fsp3) is 0.345. The second kappa shape index (κ2) is 13.1. The minimum Gasteiger partial charge on any atom is -0.507 e. The van der Waals surface area contributed by atoms with E-state index in [1.807, 2.05) is 0 Å². The average molecular weight is 566 g/mol. The van der Waals surface area contributed by atoms with E-state index >= 15 is 0 Å². The number of esters is 2. The first-order valence-corrected chi connectivity index (χ1v) is 13.1. The molecule has 1 saturated heterocycles. The SMILES string of the molecule is CC1=C(C(=O)OCCNC(=O)c2ccccc2O)[C@@H](c2ccccc2[N+](=O)[O-])C(C(=O)OC[C@@H]2CCCO2)=C(C)N1. The number of nitro groups is 1. The zero-order valence-corrected chi connectivity index (χ0v) is 22.7. The van der Waals surface area contributed by atoms with E-state index in [4.69, 9.17) is 14.2 Å². The van der Waals surface area contributed by atoms with Gasteiger partial charge in [-0.2, -0.15) is 0 Å². The first-order valence-electron chi connectivity index (χ1n) is 13.1. The third-order valence-electron chi connectivity index (χ3n) is 6.84. The maximum Gasteiger partial charge on any atom is 0.336 e. The van der Waals surface area contributed by atoms with Crippen LogP contribution in [0, 0.1) is 10.1 Å². The lowest BCUT2D eigenvalue weighted by molar-refractivity contribution is -0.385. The average Bonchev–Trinajstić information content (AvgIpc) is 3.47. The number of amides is 1. The van der Waals surface area contributed by atoms with Gasteiger partial charge in [0.25, 0.3) is 11.6 Å². The van der Waals surface area contributed by atoms with Crippen LogP contribution < -0.4 is 10.6 Å². The number of nitrogens with zero attached hydrogens (tertiary/aromatic N) is 1. The highest BCUT2D eigenvalue weighted by atomic mass is 16.6. The van der Waals surface area contributed by atoms with Gasteiger partial charge in [0.1, 0.15) is 19.0 Å². The number of hydrogen-bond acceptors (Lipinski definition) is 10. The molecule has 2 aromatic carbocycles. The Bertz CT molecular complexity index is 1410. The van der Waals surface area contributed by atoms with Crippen molar-refractivity contribution in [3.05, 3.63) is 92.3 Å². The molecule has 0 aromatic heterocycles. The van der Waals surface area contributed by atoms with E-state index in [2.05, 4.69) is 10.6 Å². The van der Waals surface area contributed by atoms with Gasteiger partial charge in [0, 0.05) is 29.6 Å². The molecular formula is C29H31N3O9. The monoisotopic (exact) mass is 565 g/mol. The van der Waals surface area contributed by atoms with Gasteiger partial charge in [-0.25, -0.2) is 9.59 Å². The molecule has 41 heavy (non-hydrogen) atoms. The van der Waals surface area contributed by atoms with Crippen LogP contribution in [0.1, 0.15) is 48.5 Å². The second-order valence-electron chi connectivity index (χ2n) is 9.59. The Labute approximate surface area is 236 Å². The zero-order chi connectivity index (χ0) is 29.5. The highest BCUT2D eigenvalue weighted by molar-refractivity contribution is 6.00. The van der Waals surface area contributed by atoms with Crippen molar-refractivity contribution in [1.82, 2.24) is 10.6 Å². The highest BCUT2D eigenvalue weighted by Gasteiger charge is 2.41. The summed E-state index contributed by atoms with van der Waals surface area (Å²) in [5, 5.41) is 27.4. The Kier molecular flexibility index (Phi) is 9.35. The molecule has 2 aliphatic heterocycles. The standard InChI is InChI=1S/C29H31N3O9/c1-17-24(28(35)40-15-13-30-27(34)21-10-4-6-12-23(21)33)26(20-9-3-5-11-22(20)32(37)38)25(18(2)31-17)29(36)41-16-19-8-7-14-39-19/h3-6,9-12,19,26,31,33H,7-8,13-16H2,1-2H3,(H,30,34)/t19-,26+/m0/s1. The summed E-state index contributed by atoms with van der Waals surface area (Å²) in [4.78, 5) is 50.6. The normalized spacial score (nSPS) is 18.5. The van der Waals surface area contributed by atoms with Crippen LogP contribution in [0.3, 0.4) is 0 Å². The number of nitrogens with one attached hydrogen (secondary N) is 2. The van der Waals surface area contributed by atoms with E-state index in [-0.39, 0.29) is 59.6 Å². The van der Waals surface area contributed by atoms with E-state index < -0.39 is 28.7 Å².